The third kappa shape index (κ3) is 5.00. The predicted molar refractivity (Wildman–Crippen MR) is 96.4 cm³/mol. The normalized spacial score (nSPS) is 24.0. The van der Waals surface area contributed by atoms with E-state index in [1.807, 2.05) is 0 Å². The Morgan fingerprint density at radius 1 is 1.12 bits per heavy atom. The highest BCUT2D eigenvalue weighted by molar-refractivity contribution is 5.04. The highest BCUT2D eigenvalue weighted by Gasteiger charge is 2.26. The van der Waals surface area contributed by atoms with E-state index in [9.17, 15) is 5.11 Å². The van der Waals surface area contributed by atoms with Gasteiger partial charge in [0.05, 0.1) is 12.6 Å². The first-order valence-corrected chi connectivity index (χ1v) is 9.67. The second-order valence-electron chi connectivity index (χ2n) is 7.53. The number of ether oxygens (including phenoxy) is 1. The van der Waals surface area contributed by atoms with E-state index < -0.39 is 0 Å². The molecule has 2 saturated heterocycles. The Balaban J connectivity index is 1.56. The number of rotatable bonds is 7. The number of piperidine rings is 2. The molecule has 1 atom stereocenters. The van der Waals surface area contributed by atoms with E-state index in [1.165, 1.54) is 19.4 Å². The Morgan fingerprint density at radius 2 is 1.92 bits per heavy atom. The fraction of sp³-hybridized carbons (Fsp3) is 0.889. The van der Waals surface area contributed by atoms with Gasteiger partial charge in [0.1, 0.15) is 11.6 Å². The molecule has 2 aliphatic rings. The molecule has 0 bridgehead atoms. The van der Waals surface area contributed by atoms with E-state index in [0.717, 1.165) is 70.2 Å². The molecule has 0 unspecified atom stereocenters. The monoisotopic (exact) mass is 351 g/mol. The summed E-state index contributed by atoms with van der Waals surface area (Å²) >= 11 is 0. The summed E-state index contributed by atoms with van der Waals surface area (Å²) in [6.45, 7) is 6.91. The van der Waals surface area contributed by atoms with Crippen molar-refractivity contribution in [2.24, 2.45) is 7.05 Å². The highest BCUT2D eigenvalue weighted by Crippen LogP contribution is 2.26. The van der Waals surface area contributed by atoms with Gasteiger partial charge in [0, 0.05) is 52.9 Å². The molecule has 2 fully saturated rings. The van der Waals surface area contributed by atoms with E-state index >= 15 is 0 Å². The molecule has 3 heterocycles. The number of aliphatic hydroxyl groups excluding tert-OH is 1. The summed E-state index contributed by atoms with van der Waals surface area (Å²) in [4.78, 5) is 4.91. The van der Waals surface area contributed by atoms with Crippen molar-refractivity contribution in [2.75, 3.05) is 46.4 Å². The second kappa shape index (κ2) is 9.07. The molecule has 0 saturated carbocycles. The Labute approximate surface area is 151 Å². The van der Waals surface area contributed by atoms with Crippen molar-refractivity contribution in [2.45, 2.75) is 50.7 Å². The number of likely N-dealkylation sites (tertiary alicyclic amines) is 2. The summed E-state index contributed by atoms with van der Waals surface area (Å²) in [7, 11) is 3.87. The van der Waals surface area contributed by atoms with Gasteiger partial charge in [-0.15, -0.1) is 10.2 Å². The zero-order valence-electron chi connectivity index (χ0n) is 15.7. The molecule has 25 heavy (non-hydrogen) atoms. The van der Waals surface area contributed by atoms with Crippen LogP contribution in [0.25, 0.3) is 0 Å². The molecule has 1 aromatic heterocycles. The van der Waals surface area contributed by atoms with Crippen molar-refractivity contribution in [3.8, 4) is 0 Å². The van der Waals surface area contributed by atoms with Gasteiger partial charge in [0.2, 0.25) is 0 Å². The molecule has 0 aliphatic carbocycles. The second-order valence-corrected chi connectivity index (χ2v) is 7.53. The number of aliphatic hydroxyl groups is 1. The van der Waals surface area contributed by atoms with Gasteiger partial charge in [-0.2, -0.15) is 0 Å². The maximum atomic E-state index is 9.65. The van der Waals surface area contributed by atoms with Crippen LogP contribution in [0.2, 0.25) is 0 Å². The molecule has 1 aromatic rings. The highest BCUT2D eigenvalue weighted by atomic mass is 16.5. The molecule has 0 amide bonds. The van der Waals surface area contributed by atoms with Crippen molar-refractivity contribution in [3.05, 3.63) is 11.6 Å². The van der Waals surface area contributed by atoms with Gasteiger partial charge in [-0.3, -0.25) is 4.90 Å². The Hall–Kier alpha value is -1.02. The van der Waals surface area contributed by atoms with E-state index in [2.05, 4.69) is 31.6 Å². The van der Waals surface area contributed by atoms with Gasteiger partial charge in [0.25, 0.3) is 0 Å². The maximum Gasteiger partial charge on any atom is 0.146 e. The maximum absolute atomic E-state index is 9.65. The number of methoxy groups -OCH3 is 1. The third-order valence-electron chi connectivity index (χ3n) is 5.61. The van der Waals surface area contributed by atoms with Crippen LogP contribution >= 0.6 is 0 Å². The summed E-state index contributed by atoms with van der Waals surface area (Å²) in [5.74, 6) is 2.65. The van der Waals surface area contributed by atoms with Crippen molar-refractivity contribution in [1.29, 1.82) is 0 Å². The summed E-state index contributed by atoms with van der Waals surface area (Å²) in [5.41, 5.74) is 0. The van der Waals surface area contributed by atoms with E-state index in [1.54, 1.807) is 7.11 Å². The fourth-order valence-electron chi connectivity index (χ4n) is 4.05. The zero-order valence-corrected chi connectivity index (χ0v) is 15.7. The van der Waals surface area contributed by atoms with Gasteiger partial charge in [-0.25, -0.2) is 0 Å². The lowest BCUT2D eigenvalue weighted by molar-refractivity contribution is 0.0775. The fourth-order valence-corrected chi connectivity index (χ4v) is 4.05. The minimum absolute atomic E-state index is 0.127. The number of nitrogens with zero attached hydrogens (tertiary/aromatic N) is 5. The van der Waals surface area contributed by atoms with E-state index in [0.29, 0.717) is 5.92 Å². The Morgan fingerprint density at radius 3 is 2.68 bits per heavy atom. The van der Waals surface area contributed by atoms with Crippen LogP contribution in [-0.2, 0) is 18.3 Å². The van der Waals surface area contributed by atoms with Crippen LogP contribution in [0.5, 0.6) is 0 Å². The molecule has 0 spiro atoms. The number of hydrogen-bond acceptors (Lipinski definition) is 6. The van der Waals surface area contributed by atoms with Crippen LogP contribution in [0.1, 0.15) is 49.7 Å². The van der Waals surface area contributed by atoms with Gasteiger partial charge in [-0.1, -0.05) is 0 Å². The molecule has 3 rings (SSSR count). The molecule has 142 valence electrons. The Kier molecular flexibility index (Phi) is 6.81. The number of aromatic nitrogens is 3. The predicted octanol–water partition coefficient (Wildman–Crippen LogP) is 0.988. The molecule has 0 radical (unpaired) electrons. The first kappa shape index (κ1) is 18.8. The molecule has 7 nitrogen and oxygen atoms in total. The van der Waals surface area contributed by atoms with Crippen LogP contribution in [0.15, 0.2) is 0 Å². The standard InChI is InChI=1S/C18H33N5O2/c1-21-17(14-23-10-6-16(24)7-11-23)19-20-18(21)15-5-3-8-22(13-15)9-4-12-25-2/h15-16,24H,3-14H2,1-2H3/t15-/m1/s1. The van der Waals surface area contributed by atoms with Crippen molar-refractivity contribution in [1.82, 2.24) is 24.6 Å². The summed E-state index contributed by atoms with van der Waals surface area (Å²) < 4.78 is 7.37. The van der Waals surface area contributed by atoms with Crippen LogP contribution in [0, 0.1) is 0 Å². The van der Waals surface area contributed by atoms with E-state index in [-0.39, 0.29) is 6.10 Å². The van der Waals surface area contributed by atoms with Crippen LogP contribution in [-0.4, -0.2) is 82.2 Å². The summed E-state index contributed by atoms with van der Waals surface area (Å²) in [6, 6.07) is 0. The minimum atomic E-state index is -0.127. The molecule has 2 aliphatic heterocycles. The molecule has 1 N–H and O–H groups in total. The first-order valence-electron chi connectivity index (χ1n) is 9.67. The Bertz CT molecular complexity index is 528. The average molecular weight is 351 g/mol. The topological polar surface area (TPSA) is 66.7 Å². The van der Waals surface area contributed by atoms with Crippen LogP contribution in [0.3, 0.4) is 0 Å². The summed E-state index contributed by atoms with van der Waals surface area (Å²) in [5, 5.41) is 18.7. The van der Waals surface area contributed by atoms with Gasteiger partial charge >= 0.3 is 0 Å². The van der Waals surface area contributed by atoms with Crippen LogP contribution in [0.4, 0.5) is 0 Å². The number of hydrogen-bond donors (Lipinski definition) is 1. The lowest BCUT2D eigenvalue weighted by Gasteiger charge is -2.32. The van der Waals surface area contributed by atoms with Gasteiger partial charge < -0.3 is 19.3 Å². The SMILES string of the molecule is COCCCN1CCC[C@@H](c2nnc(CN3CCC(O)CC3)n2C)C1. The van der Waals surface area contributed by atoms with Gasteiger partial charge in [-0.05, 0) is 38.6 Å². The van der Waals surface area contributed by atoms with Crippen molar-refractivity contribution in [3.63, 3.8) is 0 Å². The minimum Gasteiger partial charge on any atom is -0.393 e. The average Bonchev–Trinajstić information content (AvgIpc) is 2.98. The quantitative estimate of drug-likeness (QED) is 0.739. The smallest absolute Gasteiger partial charge is 0.146 e. The molecular weight excluding hydrogens is 318 g/mol. The van der Waals surface area contributed by atoms with Gasteiger partial charge in [0.15, 0.2) is 0 Å². The molecule has 0 aromatic carbocycles. The lowest BCUT2D eigenvalue weighted by atomic mass is 9.97. The molecular formula is C18H33N5O2. The van der Waals surface area contributed by atoms with Crippen molar-refractivity contribution < 1.29 is 9.84 Å². The van der Waals surface area contributed by atoms with E-state index in [4.69, 9.17) is 4.74 Å². The first-order chi connectivity index (χ1) is 12.2. The zero-order chi connectivity index (χ0) is 17.6. The summed E-state index contributed by atoms with van der Waals surface area (Å²) in [6.07, 6.45) is 5.12. The lowest BCUT2D eigenvalue weighted by Crippen LogP contribution is -2.37. The molecule has 7 heteroatoms. The van der Waals surface area contributed by atoms with Crippen LogP contribution < -0.4 is 0 Å². The third-order valence-corrected chi connectivity index (χ3v) is 5.61. The largest absolute Gasteiger partial charge is 0.393 e. The van der Waals surface area contributed by atoms with Crippen molar-refractivity contribution >= 4 is 0 Å².